The second-order valence-electron chi connectivity index (χ2n) is 10.3. The number of aliphatic hydroxyl groups is 4. The van der Waals surface area contributed by atoms with Gasteiger partial charge in [-0.1, -0.05) is 36.4 Å². The van der Waals surface area contributed by atoms with Crippen LogP contribution in [0.4, 0.5) is 10.1 Å². The van der Waals surface area contributed by atoms with Crippen LogP contribution in [-0.4, -0.2) is 70.1 Å². The van der Waals surface area contributed by atoms with Gasteiger partial charge in [-0.15, -0.1) is 9.24 Å². The monoisotopic (exact) mass is 569 g/mol. The van der Waals surface area contributed by atoms with Crippen LogP contribution in [0.15, 0.2) is 72.8 Å². The molecule has 0 saturated carbocycles. The highest BCUT2D eigenvalue weighted by atomic mass is 31.0. The Morgan fingerprint density at radius 2 is 1.52 bits per heavy atom. The number of hydrogen-bond acceptors (Lipinski definition) is 7. The minimum absolute atomic E-state index is 0.0640. The van der Waals surface area contributed by atoms with Crippen molar-refractivity contribution >= 4 is 26.1 Å². The van der Waals surface area contributed by atoms with Gasteiger partial charge in [-0.3, -0.25) is 4.79 Å². The van der Waals surface area contributed by atoms with Crippen molar-refractivity contribution in [1.82, 2.24) is 0 Å². The molecule has 1 amide bonds. The van der Waals surface area contributed by atoms with Gasteiger partial charge in [0, 0.05) is 12.1 Å². The molecule has 3 aromatic carbocycles. The fourth-order valence-corrected chi connectivity index (χ4v) is 5.59. The van der Waals surface area contributed by atoms with E-state index in [0.717, 1.165) is 22.2 Å². The first-order valence-electron chi connectivity index (χ1n) is 13.2. The third-order valence-corrected chi connectivity index (χ3v) is 8.03. The van der Waals surface area contributed by atoms with Crippen LogP contribution in [0.3, 0.4) is 0 Å². The topological polar surface area (TPSA) is 120 Å². The smallest absolute Gasteiger partial charge is 0.233 e. The molecule has 1 unspecified atom stereocenters. The summed E-state index contributed by atoms with van der Waals surface area (Å²) in [4.78, 5) is 14.9. The van der Waals surface area contributed by atoms with Crippen LogP contribution in [-0.2, 0) is 16.0 Å². The highest BCUT2D eigenvalue weighted by Crippen LogP contribution is 2.45. The Hall–Kier alpha value is -2.91. The molecule has 0 spiro atoms. The summed E-state index contributed by atoms with van der Waals surface area (Å²) in [6.07, 6.45) is -5.18. The number of carbonyl (C=O) groups excluding carboxylic acids is 1. The van der Waals surface area contributed by atoms with Gasteiger partial charge in [0.05, 0.1) is 31.3 Å². The van der Waals surface area contributed by atoms with Gasteiger partial charge < -0.3 is 34.8 Å². The van der Waals surface area contributed by atoms with E-state index in [1.807, 2.05) is 48.5 Å². The third kappa shape index (κ3) is 5.91. The van der Waals surface area contributed by atoms with Crippen LogP contribution in [0.5, 0.6) is 5.75 Å². The Balaban J connectivity index is 1.31. The van der Waals surface area contributed by atoms with E-state index >= 15 is 0 Å². The summed E-state index contributed by atoms with van der Waals surface area (Å²) in [6.45, 7) is -0.126. The van der Waals surface area contributed by atoms with Crippen molar-refractivity contribution in [3.05, 3.63) is 89.7 Å². The van der Waals surface area contributed by atoms with Gasteiger partial charge in [-0.25, -0.2) is 4.39 Å². The molecule has 0 radical (unpaired) electrons. The molecule has 0 bridgehead atoms. The maximum atomic E-state index is 13.6. The van der Waals surface area contributed by atoms with Gasteiger partial charge in [0.15, 0.2) is 0 Å². The molecule has 8 nitrogen and oxygen atoms in total. The highest BCUT2D eigenvalue weighted by Gasteiger charge is 2.48. The Morgan fingerprint density at radius 3 is 2.17 bits per heavy atom. The molecule has 4 N–H and O–H groups in total. The van der Waals surface area contributed by atoms with Gasteiger partial charge >= 0.3 is 0 Å². The number of benzene rings is 3. The first-order chi connectivity index (χ1) is 19.3. The van der Waals surface area contributed by atoms with E-state index in [0.29, 0.717) is 18.7 Å². The second kappa shape index (κ2) is 12.3. The van der Waals surface area contributed by atoms with Crippen molar-refractivity contribution in [2.45, 2.75) is 49.4 Å². The molecular formula is C30H33FNO7P. The van der Waals surface area contributed by atoms with Crippen molar-refractivity contribution < 1.29 is 39.1 Å². The van der Waals surface area contributed by atoms with Gasteiger partial charge in [-0.05, 0) is 59.3 Å². The molecule has 2 fully saturated rings. The Bertz CT molecular complexity index is 1290. The van der Waals surface area contributed by atoms with Crippen molar-refractivity contribution in [3.63, 3.8) is 0 Å². The summed E-state index contributed by atoms with van der Waals surface area (Å²) < 4.78 is 25.1. The number of carbonyl (C=O) groups is 1. The lowest BCUT2D eigenvalue weighted by Crippen LogP contribution is -2.59. The summed E-state index contributed by atoms with van der Waals surface area (Å²) in [5.41, 5.74) is 2.30. The SMILES string of the molecule is O=C1[C@H](CCOc2ccc(P)cc2)[C@@H](c2ccc(C[C@@H]3O[C@H](CO)[C@@H](O)[C@H](O)[C@H]3O)cc2)N1c1ccc(F)cc1. The predicted molar refractivity (Wildman–Crippen MR) is 150 cm³/mol. The standard InChI is InChI=1S/C30H33FNO7P/c31-19-5-7-20(8-6-19)32-26(23(30(32)37)13-14-38-21-9-11-22(40)12-10-21)18-3-1-17(2-4-18)15-24-27(34)29(36)28(35)25(16-33)39-24/h1-12,23-29,33-36H,13-16,40H2/t23-,24+,25-,26-,27+,28-,29-/m1/s1. The zero-order valence-electron chi connectivity index (χ0n) is 21.7. The molecule has 2 heterocycles. The fraction of sp³-hybridized carbons (Fsp3) is 0.367. The molecule has 10 heteroatoms. The van der Waals surface area contributed by atoms with Crippen LogP contribution in [0, 0.1) is 11.7 Å². The fourth-order valence-electron chi connectivity index (χ4n) is 5.40. The number of halogens is 1. The summed E-state index contributed by atoms with van der Waals surface area (Å²) in [7, 11) is 2.62. The second-order valence-corrected chi connectivity index (χ2v) is 10.9. The Morgan fingerprint density at radius 1 is 0.875 bits per heavy atom. The normalized spacial score (nSPS) is 28.3. The van der Waals surface area contributed by atoms with E-state index in [1.54, 1.807) is 17.0 Å². The van der Waals surface area contributed by atoms with Crippen molar-refractivity contribution in [2.24, 2.45) is 5.92 Å². The summed E-state index contributed by atoms with van der Waals surface area (Å²) >= 11 is 0. The summed E-state index contributed by atoms with van der Waals surface area (Å²) in [5, 5.41) is 41.0. The zero-order chi connectivity index (χ0) is 28.4. The molecular weight excluding hydrogens is 536 g/mol. The highest BCUT2D eigenvalue weighted by molar-refractivity contribution is 7.27. The predicted octanol–water partition coefficient (Wildman–Crippen LogP) is 1.88. The number of nitrogens with zero attached hydrogens (tertiary/aromatic N) is 1. The molecule has 2 saturated heterocycles. The quantitative estimate of drug-likeness (QED) is 0.230. The van der Waals surface area contributed by atoms with Gasteiger partial charge in [0.1, 0.15) is 36.0 Å². The van der Waals surface area contributed by atoms with Crippen LogP contribution < -0.4 is 14.9 Å². The summed E-state index contributed by atoms with van der Waals surface area (Å²) in [5.74, 6) is -0.0528. The molecule has 40 heavy (non-hydrogen) atoms. The number of hydrogen-bond donors (Lipinski definition) is 4. The minimum Gasteiger partial charge on any atom is -0.494 e. The summed E-state index contributed by atoms with van der Waals surface area (Å²) in [6, 6.07) is 20.7. The largest absolute Gasteiger partial charge is 0.494 e. The third-order valence-electron chi connectivity index (χ3n) is 7.65. The first kappa shape index (κ1) is 28.6. The Kier molecular flexibility index (Phi) is 8.80. The number of ether oxygens (including phenoxy) is 2. The van der Waals surface area contributed by atoms with Crippen molar-refractivity contribution in [3.8, 4) is 5.75 Å². The molecule has 0 aromatic heterocycles. The van der Waals surface area contributed by atoms with Crippen molar-refractivity contribution in [1.29, 1.82) is 0 Å². The molecule has 3 aromatic rings. The average Bonchev–Trinajstić information content (AvgIpc) is 2.96. The number of aliphatic hydroxyl groups excluding tert-OH is 4. The lowest BCUT2D eigenvalue weighted by molar-refractivity contribution is -0.228. The van der Waals surface area contributed by atoms with Crippen LogP contribution >= 0.6 is 9.24 Å². The van der Waals surface area contributed by atoms with Gasteiger partial charge in [-0.2, -0.15) is 0 Å². The van der Waals surface area contributed by atoms with E-state index in [-0.39, 0.29) is 30.1 Å². The van der Waals surface area contributed by atoms with E-state index in [2.05, 4.69) is 9.24 Å². The number of amides is 1. The van der Waals surface area contributed by atoms with E-state index in [1.165, 1.54) is 12.1 Å². The average molecular weight is 570 g/mol. The number of anilines is 1. The number of rotatable bonds is 9. The van der Waals surface area contributed by atoms with E-state index in [4.69, 9.17) is 9.47 Å². The Labute approximate surface area is 234 Å². The molecule has 2 aliphatic heterocycles. The maximum Gasteiger partial charge on any atom is 0.233 e. The molecule has 2 aliphatic rings. The molecule has 212 valence electrons. The van der Waals surface area contributed by atoms with E-state index < -0.39 is 37.1 Å². The van der Waals surface area contributed by atoms with Crippen LogP contribution in [0.25, 0.3) is 0 Å². The van der Waals surface area contributed by atoms with Crippen LogP contribution in [0.2, 0.25) is 0 Å². The molecule has 0 aliphatic carbocycles. The lowest BCUT2D eigenvalue weighted by atomic mass is 9.79. The van der Waals surface area contributed by atoms with E-state index in [9.17, 15) is 29.6 Å². The minimum atomic E-state index is -1.43. The maximum absolute atomic E-state index is 13.6. The van der Waals surface area contributed by atoms with Gasteiger partial charge in [0.25, 0.3) is 0 Å². The molecule has 5 rings (SSSR count). The first-order valence-corrected chi connectivity index (χ1v) is 13.8. The zero-order valence-corrected chi connectivity index (χ0v) is 22.9. The van der Waals surface area contributed by atoms with Gasteiger partial charge in [0.2, 0.25) is 5.91 Å². The lowest BCUT2D eigenvalue weighted by Gasteiger charge is -2.47. The van der Waals surface area contributed by atoms with Crippen molar-refractivity contribution in [2.75, 3.05) is 18.1 Å². The molecule has 8 atom stereocenters. The number of β-lactam (4-membered cyclic amide) rings is 1. The van der Waals surface area contributed by atoms with Crippen LogP contribution in [0.1, 0.15) is 23.6 Å².